The van der Waals surface area contributed by atoms with Crippen molar-refractivity contribution < 1.29 is 17.9 Å². The van der Waals surface area contributed by atoms with Crippen LogP contribution in [0, 0.1) is 0 Å². The molecule has 0 aliphatic carbocycles. The molecular weight excluding hydrogens is 320 g/mol. The molecule has 0 aliphatic rings. The normalized spacial score (nSPS) is 11.3. The van der Waals surface area contributed by atoms with Crippen molar-refractivity contribution in [2.75, 3.05) is 11.8 Å². The monoisotopic (exact) mass is 332 g/mol. The third kappa shape index (κ3) is 2.73. The average molecular weight is 332 g/mol. The van der Waals surface area contributed by atoms with Gasteiger partial charge in [-0.2, -0.15) is 0 Å². The summed E-state index contributed by atoms with van der Waals surface area (Å²) in [6.45, 7) is 0. The third-order valence-corrected chi connectivity index (χ3v) is 4.57. The Morgan fingerprint density at radius 2 is 2.00 bits per heavy atom. The molecule has 2 heterocycles. The molecule has 0 fully saturated rings. The quantitative estimate of drug-likeness (QED) is 0.723. The Morgan fingerprint density at radius 1 is 1.22 bits per heavy atom. The Hall–Kier alpha value is -2.94. The number of rotatable bonds is 4. The Morgan fingerprint density at radius 3 is 2.78 bits per heavy atom. The highest BCUT2D eigenvalue weighted by molar-refractivity contribution is 7.92. The molecule has 0 radical (unpaired) electrons. The molecule has 0 saturated carbocycles. The lowest BCUT2D eigenvalue weighted by Crippen LogP contribution is -2.18. The van der Waals surface area contributed by atoms with Crippen molar-refractivity contribution in [2.45, 2.75) is 4.90 Å². The fourth-order valence-corrected chi connectivity index (χ4v) is 3.37. The maximum Gasteiger partial charge on any atom is 0.339 e. The molecule has 3 rings (SSSR count). The Kier molecular flexibility index (Phi) is 3.70. The van der Waals surface area contributed by atoms with E-state index in [1.807, 2.05) is 0 Å². The van der Waals surface area contributed by atoms with E-state index in [1.54, 1.807) is 28.8 Å². The van der Waals surface area contributed by atoms with E-state index in [9.17, 15) is 13.2 Å². The summed E-state index contributed by atoms with van der Waals surface area (Å²) in [5.74, 6) is -0.730. The predicted octanol–water partition coefficient (Wildman–Crippen LogP) is 1.32. The Labute approximate surface area is 131 Å². The summed E-state index contributed by atoms with van der Waals surface area (Å²) >= 11 is 0. The second-order valence-corrected chi connectivity index (χ2v) is 6.23. The first-order valence-electron chi connectivity index (χ1n) is 6.51. The summed E-state index contributed by atoms with van der Waals surface area (Å²) in [4.78, 5) is 11.6. The molecule has 1 N–H and O–H groups in total. The number of carbonyl (C=O) groups excluding carboxylic acids is 1. The van der Waals surface area contributed by atoms with Gasteiger partial charge in [0.05, 0.1) is 18.4 Å². The molecule has 0 amide bonds. The minimum atomic E-state index is -4.00. The zero-order valence-electron chi connectivity index (χ0n) is 12.0. The van der Waals surface area contributed by atoms with Crippen LogP contribution < -0.4 is 4.72 Å². The highest BCUT2D eigenvalue weighted by atomic mass is 32.2. The first-order valence-corrected chi connectivity index (χ1v) is 8.00. The number of hydrogen-bond donors (Lipinski definition) is 1. The van der Waals surface area contributed by atoms with Crippen LogP contribution in [0.3, 0.4) is 0 Å². The minimum absolute atomic E-state index is 0.0454. The molecule has 1 aromatic carbocycles. The van der Waals surface area contributed by atoms with Crippen LogP contribution in [-0.2, 0) is 14.8 Å². The largest absolute Gasteiger partial charge is 0.465 e. The number of fused-ring (bicyclic) bond motifs is 1. The second kappa shape index (κ2) is 5.69. The summed E-state index contributed by atoms with van der Waals surface area (Å²) in [5.41, 5.74) is 0.562. The topological polar surface area (TPSA) is 103 Å². The lowest BCUT2D eigenvalue weighted by atomic mass is 10.2. The SMILES string of the molecule is COC(=O)c1ccccc1S(=O)(=O)Nc1cccn2cnnc12. The number of benzene rings is 1. The average Bonchev–Trinajstić information content (AvgIpc) is 3.03. The highest BCUT2D eigenvalue weighted by Crippen LogP contribution is 2.22. The van der Waals surface area contributed by atoms with Crippen molar-refractivity contribution in [3.63, 3.8) is 0 Å². The molecule has 23 heavy (non-hydrogen) atoms. The second-order valence-electron chi connectivity index (χ2n) is 4.58. The van der Waals surface area contributed by atoms with E-state index < -0.39 is 16.0 Å². The maximum atomic E-state index is 12.6. The van der Waals surface area contributed by atoms with Gasteiger partial charge in [-0.25, -0.2) is 13.2 Å². The van der Waals surface area contributed by atoms with Crippen molar-refractivity contribution >= 4 is 27.3 Å². The molecule has 0 bridgehead atoms. The Bertz CT molecular complexity index is 981. The highest BCUT2D eigenvalue weighted by Gasteiger charge is 2.23. The summed E-state index contributed by atoms with van der Waals surface area (Å²) in [5, 5.41) is 7.59. The van der Waals surface area contributed by atoms with Gasteiger partial charge in [-0.1, -0.05) is 12.1 Å². The van der Waals surface area contributed by atoms with Gasteiger partial charge in [0.1, 0.15) is 11.2 Å². The molecule has 118 valence electrons. The van der Waals surface area contributed by atoms with Crippen LogP contribution >= 0.6 is 0 Å². The number of carbonyl (C=O) groups is 1. The van der Waals surface area contributed by atoms with Crippen LogP contribution in [0.4, 0.5) is 5.69 Å². The van der Waals surface area contributed by atoms with Crippen LogP contribution in [0.15, 0.2) is 53.8 Å². The fraction of sp³-hybridized carbons (Fsp3) is 0.0714. The van der Waals surface area contributed by atoms with E-state index in [0.29, 0.717) is 5.65 Å². The van der Waals surface area contributed by atoms with Crippen LogP contribution in [0.2, 0.25) is 0 Å². The first-order chi connectivity index (χ1) is 11.0. The Balaban J connectivity index is 2.07. The van der Waals surface area contributed by atoms with E-state index >= 15 is 0 Å². The van der Waals surface area contributed by atoms with Crippen molar-refractivity contribution in [3.8, 4) is 0 Å². The molecule has 0 unspecified atom stereocenters. The molecule has 0 atom stereocenters. The van der Waals surface area contributed by atoms with Gasteiger partial charge in [0, 0.05) is 6.20 Å². The standard InChI is InChI=1S/C14H12N4O4S/c1-22-14(19)10-5-2-3-7-12(10)23(20,21)17-11-6-4-8-18-9-15-16-13(11)18/h2-9,17H,1H3. The van der Waals surface area contributed by atoms with Gasteiger partial charge < -0.3 is 4.74 Å². The number of sulfonamides is 1. The first kappa shape index (κ1) is 15.0. The van der Waals surface area contributed by atoms with E-state index in [-0.39, 0.29) is 16.1 Å². The maximum absolute atomic E-state index is 12.6. The van der Waals surface area contributed by atoms with E-state index in [2.05, 4.69) is 19.7 Å². The number of methoxy groups -OCH3 is 1. The van der Waals surface area contributed by atoms with Gasteiger partial charge in [-0.15, -0.1) is 10.2 Å². The summed E-state index contributed by atoms with van der Waals surface area (Å²) in [7, 11) is -2.81. The number of aromatic nitrogens is 3. The smallest absolute Gasteiger partial charge is 0.339 e. The molecule has 9 heteroatoms. The lowest BCUT2D eigenvalue weighted by Gasteiger charge is -2.11. The zero-order valence-corrected chi connectivity index (χ0v) is 12.8. The van der Waals surface area contributed by atoms with Gasteiger partial charge in [-0.05, 0) is 24.3 Å². The number of anilines is 1. The minimum Gasteiger partial charge on any atom is -0.465 e. The number of nitrogens with one attached hydrogen (secondary N) is 1. The number of pyridine rings is 1. The van der Waals surface area contributed by atoms with Crippen molar-refractivity contribution in [1.82, 2.24) is 14.6 Å². The van der Waals surface area contributed by atoms with Crippen LogP contribution in [0.25, 0.3) is 5.65 Å². The molecule has 0 spiro atoms. The molecule has 2 aromatic heterocycles. The van der Waals surface area contributed by atoms with Crippen LogP contribution in [0.1, 0.15) is 10.4 Å². The summed E-state index contributed by atoms with van der Waals surface area (Å²) < 4.78 is 33.9. The zero-order chi connectivity index (χ0) is 16.4. The number of hydrogen-bond acceptors (Lipinski definition) is 6. The number of ether oxygens (including phenoxy) is 1. The third-order valence-electron chi connectivity index (χ3n) is 3.15. The van der Waals surface area contributed by atoms with Crippen molar-refractivity contribution in [1.29, 1.82) is 0 Å². The predicted molar refractivity (Wildman–Crippen MR) is 81.6 cm³/mol. The van der Waals surface area contributed by atoms with Gasteiger partial charge in [-0.3, -0.25) is 9.12 Å². The van der Waals surface area contributed by atoms with Gasteiger partial charge in [0.25, 0.3) is 10.0 Å². The molecule has 8 nitrogen and oxygen atoms in total. The van der Waals surface area contributed by atoms with Crippen molar-refractivity contribution in [3.05, 3.63) is 54.5 Å². The molecule has 3 aromatic rings. The number of nitrogens with zero attached hydrogens (tertiary/aromatic N) is 3. The summed E-state index contributed by atoms with van der Waals surface area (Å²) in [6, 6.07) is 9.02. The molecular formula is C14H12N4O4S. The van der Waals surface area contributed by atoms with Gasteiger partial charge in [0.15, 0.2) is 5.65 Å². The molecule has 0 aliphatic heterocycles. The van der Waals surface area contributed by atoms with E-state index in [1.165, 1.54) is 31.6 Å². The van der Waals surface area contributed by atoms with Gasteiger partial charge >= 0.3 is 5.97 Å². The summed E-state index contributed by atoms with van der Waals surface area (Å²) in [6.07, 6.45) is 3.14. The van der Waals surface area contributed by atoms with Crippen LogP contribution in [-0.4, -0.2) is 36.1 Å². The van der Waals surface area contributed by atoms with Crippen molar-refractivity contribution in [2.24, 2.45) is 0 Å². The van der Waals surface area contributed by atoms with E-state index in [0.717, 1.165) is 0 Å². The molecule has 0 saturated heterocycles. The number of esters is 1. The van der Waals surface area contributed by atoms with Crippen LogP contribution in [0.5, 0.6) is 0 Å². The lowest BCUT2D eigenvalue weighted by molar-refractivity contribution is 0.0596. The van der Waals surface area contributed by atoms with E-state index in [4.69, 9.17) is 0 Å². The van der Waals surface area contributed by atoms with Gasteiger partial charge in [0.2, 0.25) is 0 Å². The fourth-order valence-electron chi connectivity index (χ4n) is 2.11.